The molecule has 1 aliphatic heterocycles. The molecule has 3 heteroatoms. The summed E-state index contributed by atoms with van der Waals surface area (Å²) in [6.07, 6.45) is 0.517. The van der Waals surface area contributed by atoms with E-state index in [-0.39, 0.29) is 11.8 Å². The molecule has 1 saturated heterocycles. The zero-order chi connectivity index (χ0) is 11.4. The highest BCUT2D eigenvalue weighted by molar-refractivity contribution is 5.96. The zero-order valence-corrected chi connectivity index (χ0v) is 9.53. The van der Waals surface area contributed by atoms with Crippen LogP contribution < -0.4 is 5.32 Å². The summed E-state index contributed by atoms with van der Waals surface area (Å²) in [5, 5.41) is 3.29. The Bertz CT molecular complexity index is 370. The number of carbonyl (C=O) groups is 1. The van der Waals surface area contributed by atoms with E-state index in [4.69, 9.17) is 4.74 Å². The van der Waals surface area contributed by atoms with Crippen LogP contribution in [0.4, 0.5) is 0 Å². The summed E-state index contributed by atoms with van der Waals surface area (Å²) >= 11 is 0. The van der Waals surface area contributed by atoms with Crippen LogP contribution >= 0.6 is 0 Å². The molecule has 1 N–H and O–H groups in total. The van der Waals surface area contributed by atoms with E-state index in [0.717, 1.165) is 24.3 Å². The quantitative estimate of drug-likeness (QED) is 0.784. The van der Waals surface area contributed by atoms with Crippen LogP contribution in [-0.4, -0.2) is 31.6 Å². The maximum atomic E-state index is 12.0. The summed E-state index contributed by atoms with van der Waals surface area (Å²) in [7, 11) is 0. The minimum absolute atomic E-state index is 0.168. The fraction of sp³-hybridized carbons (Fsp3) is 0.462. The van der Waals surface area contributed by atoms with Crippen LogP contribution in [0.5, 0.6) is 0 Å². The number of aryl methyl sites for hydroxylation is 1. The monoisotopic (exact) mass is 219 g/mol. The number of benzene rings is 1. The third kappa shape index (κ3) is 2.90. The van der Waals surface area contributed by atoms with Crippen LogP contribution in [0.2, 0.25) is 0 Å². The predicted molar refractivity (Wildman–Crippen MR) is 62.7 cm³/mol. The molecule has 0 amide bonds. The van der Waals surface area contributed by atoms with E-state index in [0.29, 0.717) is 13.0 Å². The molecule has 0 bridgehead atoms. The summed E-state index contributed by atoms with van der Waals surface area (Å²) in [4.78, 5) is 12.0. The molecule has 86 valence electrons. The molecule has 1 aromatic carbocycles. The number of ether oxygens (including phenoxy) is 1. The smallest absolute Gasteiger partial charge is 0.164 e. The van der Waals surface area contributed by atoms with Gasteiger partial charge in [0.25, 0.3) is 0 Å². The molecule has 1 unspecified atom stereocenters. The van der Waals surface area contributed by atoms with Crippen LogP contribution in [0.1, 0.15) is 22.3 Å². The molecule has 0 aliphatic carbocycles. The Morgan fingerprint density at radius 1 is 1.56 bits per heavy atom. The molecule has 3 nitrogen and oxygen atoms in total. The van der Waals surface area contributed by atoms with Gasteiger partial charge in [-0.25, -0.2) is 0 Å². The molecular weight excluding hydrogens is 202 g/mol. The number of hydrogen-bond acceptors (Lipinski definition) is 3. The van der Waals surface area contributed by atoms with Crippen molar-refractivity contribution in [1.82, 2.24) is 5.32 Å². The van der Waals surface area contributed by atoms with Gasteiger partial charge in [-0.15, -0.1) is 0 Å². The second-order valence-corrected chi connectivity index (χ2v) is 4.22. The molecule has 1 aromatic rings. The third-order valence-electron chi connectivity index (χ3n) is 2.77. The lowest BCUT2D eigenvalue weighted by Gasteiger charge is -2.23. The molecule has 1 atom stereocenters. The number of rotatable bonds is 3. The Kier molecular flexibility index (Phi) is 3.70. The summed E-state index contributed by atoms with van der Waals surface area (Å²) in [6, 6.07) is 7.90. The van der Waals surface area contributed by atoms with Gasteiger partial charge in [0.2, 0.25) is 0 Å². The average molecular weight is 219 g/mol. The molecule has 0 spiro atoms. The maximum absolute atomic E-state index is 12.0. The van der Waals surface area contributed by atoms with Gasteiger partial charge in [0.15, 0.2) is 5.78 Å². The Balaban J connectivity index is 1.97. The highest BCUT2D eigenvalue weighted by atomic mass is 16.5. The van der Waals surface area contributed by atoms with E-state index < -0.39 is 0 Å². The fourth-order valence-corrected chi connectivity index (χ4v) is 1.91. The van der Waals surface area contributed by atoms with Crippen LogP contribution in [0, 0.1) is 6.92 Å². The van der Waals surface area contributed by atoms with Gasteiger partial charge in [0.05, 0.1) is 13.2 Å². The molecular formula is C13H17NO2. The minimum atomic E-state index is 0.168. The second kappa shape index (κ2) is 5.23. The van der Waals surface area contributed by atoms with E-state index in [2.05, 4.69) is 5.32 Å². The predicted octanol–water partition coefficient (Wildman–Crippen LogP) is 1.56. The van der Waals surface area contributed by atoms with Crippen LogP contribution in [0.25, 0.3) is 0 Å². The first kappa shape index (κ1) is 11.3. The SMILES string of the molecule is Cc1cccc(C(=O)CC2COCCN2)c1. The summed E-state index contributed by atoms with van der Waals surface area (Å²) < 4.78 is 5.33. The Morgan fingerprint density at radius 2 is 2.44 bits per heavy atom. The first-order valence-electron chi connectivity index (χ1n) is 5.67. The lowest BCUT2D eigenvalue weighted by atomic mass is 10.0. The van der Waals surface area contributed by atoms with Gasteiger partial charge < -0.3 is 10.1 Å². The Labute approximate surface area is 95.8 Å². The third-order valence-corrected chi connectivity index (χ3v) is 2.77. The van der Waals surface area contributed by atoms with Crippen LogP contribution in [0.3, 0.4) is 0 Å². The maximum Gasteiger partial charge on any atom is 0.164 e. The van der Waals surface area contributed by atoms with Gasteiger partial charge in [0, 0.05) is 24.6 Å². The van der Waals surface area contributed by atoms with Crippen LogP contribution in [-0.2, 0) is 4.74 Å². The van der Waals surface area contributed by atoms with E-state index in [9.17, 15) is 4.79 Å². The first-order valence-corrected chi connectivity index (χ1v) is 5.67. The highest BCUT2D eigenvalue weighted by Gasteiger charge is 2.17. The molecule has 1 heterocycles. The normalized spacial score (nSPS) is 20.7. The van der Waals surface area contributed by atoms with Crippen molar-refractivity contribution in [3.05, 3.63) is 35.4 Å². The van der Waals surface area contributed by atoms with Crippen molar-refractivity contribution in [3.8, 4) is 0 Å². The second-order valence-electron chi connectivity index (χ2n) is 4.22. The van der Waals surface area contributed by atoms with Crippen LogP contribution in [0.15, 0.2) is 24.3 Å². The molecule has 16 heavy (non-hydrogen) atoms. The van der Waals surface area contributed by atoms with E-state index >= 15 is 0 Å². The standard InChI is InChI=1S/C13H17NO2/c1-10-3-2-4-11(7-10)13(15)8-12-9-16-6-5-14-12/h2-4,7,12,14H,5-6,8-9H2,1H3. The van der Waals surface area contributed by atoms with Gasteiger partial charge in [-0.2, -0.15) is 0 Å². The Morgan fingerprint density at radius 3 is 3.12 bits per heavy atom. The molecule has 0 aromatic heterocycles. The van der Waals surface area contributed by atoms with Gasteiger partial charge in [-0.1, -0.05) is 23.8 Å². The molecule has 1 fully saturated rings. The number of Topliss-reactive ketones (excluding diaryl/α,β-unsaturated/α-hetero) is 1. The van der Waals surface area contributed by atoms with E-state index in [1.165, 1.54) is 0 Å². The van der Waals surface area contributed by atoms with Crippen molar-refractivity contribution in [2.75, 3.05) is 19.8 Å². The lowest BCUT2D eigenvalue weighted by Crippen LogP contribution is -2.42. The number of ketones is 1. The van der Waals surface area contributed by atoms with Crippen molar-refractivity contribution in [2.24, 2.45) is 0 Å². The summed E-state index contributed by atoms with van der Waals surface area (Å²) in [5.41, 5.74) is 1.92. The van der Waals surface area contributed by atoms with Gasteiger partial charge >= 0.3 is 0 Å². The van der Waals surface area contributed by atoms with Crippen molar-refractivity contribution >= 4 is 5.78 Å². The zero-order valence-electron chi connectivity index (χ0n) is 9.53. The largest absolute Gasteiger partial charge is 0.378 e. The lowest BCUT2D eigenvalue weighted by molar-refractivity contribution is 0.0676. The number of nitrogens with one attached hydrogen (secondary N) is 1. The van der Waals surface area contributed by atoms with E-state index in [1.54, 1.807) is 0 Å². The molecule has 2 rings (SSSR count). The summed E-state index contributed by atoms with van der Waals surface area (Å²) in [5.74, 6) is 0.187. The van der Waals surface area contributed by atoms with Crippen molar-refractivity contribution in [1.29, 1.82) is 0 Å². The van der Waals surface area contributed by atoms with Gasteiger partial charge in [0.1, 0.15) is 0 Å². The molecule has 0 saturated carbocycles. The van der Waals surface area contributed by atoms with Crippen molar-refractivity contribution < 1.29 is 9.53 Å². The topological polar surface area (TPSA) is 38.3 Å². The molecule has 1 aliphatic rings. The minimum Gasteiger partial charge on any atom is -0.378 e. The van der Waals surface area contributed by atoms with Crippen molar-refractivity contribution in [3.63, 3.8) is 0 Å². The van der Waals surface area contributed by atoms with Gasteiger partial charge in [-0.05, 0) is 13.0 Å². The highest BCUT2D eigenvalue weighted by Crippen LogP contribution is 2.09. The average Bonchev–Trinajstić information content (AvgIpc) is 2.30. The van der Waals surface area contributed by atoms with Gasteiger partial charge in [-0.3, -0.25) is 4.79 Å². The van der Waals surface area contributed by atoms with E-state index in [1.807, 2.05) is 31.2 Å². The van der Waals surface area contributed by atoms with Crippen molar-refractivity contribution in [2.45, 2.75) is 19.4 Å². The first-order chi connectivity index (χ1) is 7.75. The number of hydrogen-bond donors (Lipinski definition) is 1. The summed E-state index contributed by atoms with van der Waals surface area (Å²) in [6.45, 7) is 4.22. The number of carbonyl (C=O) groups excluding carboxylic acids is 1. The number of morpholine rings is 1. The fourth-order valence-electron chi connectivity index (χ4n) is 1.91. The Hall–Kier alpha value is -1.19. The molecule has 0 radical (unpaired) electrons.